The van der Waals surface area contributed by atoms with Crippen LogP contribution in [0.25, 0.3) is 0 Å². The molecule has 1 aliphatic carbocycles. The molecule has 1 fully saturated rings. The largest absolute Gasteiger partial charge is 0.395 e. The minimum atomic E-state index is 0.0151. The first-order chi connectivity index (χ1) is 5.37. The van der Waals surface area contributed by atoms with E-state index >= 15 is 0 Å². The molecule has 0 aromatic carbocycles. The fourth-order valence-electron chi connectivity index (χ4n) is 1.26. The number of aliphatic hydroxyl groups is 1. The molecule has 0 spiro atoms. The predicted octanol–water partition coefficient (Wildman–Crippen LogP) is 0.501. The van der Waals surface area contributed by atoms with E-state index in [9.17, 15) is 0 Å². The third kappa shape index (κ3) is 1.01. The number of rotatable bonds is 2. The maximum atomic E-state index is 9.05. The van der Waals surface area contributed by atoms with Gasteiger partial charge in [-0.2, -0.15) is 0 Å². The molecule has 0 radical (unpaired) electrons. The van der Waals surface area contributed by atoms with Crippen molar-refractivity contribution in [3.63, 3.8) is 0 Å². The molecule has 0 saturated heterocycles. The first-order valence-corrected chi connectivity index (χ1v) is 3.74. The number of hydrogen-bond donors (Lipinski definition) is 1. The summed E-state index contributed by atoms with van der Waals surface area (Å²) in [4.78, 5) is 7.83. The number of aromatic nitrogens is 2. The molecule has 1 aliphatic rings. The van der Waals surface area contributed by atoms with E-state index in [1.54, 1.807) is 12.4 Å². The minimum Gasteiger partial charge on any atom is -0.395 e. The highest BCUT2D eigenvalue weighted by Gasteiger charge is 2.44. The van der Waals surface area contributed by atoms with Gasteiger partial charge in [-0.15, -0.1) is 0 Å². The van der Waals surface area contributed by atoms with Crippen LogP contribution in [0.3, 0.4) is 0 Å². The molecule has 0 bridgehead atoms. The summed E-state index contributed by atoms with van der Waals surface area (Å²) in [5.41, 5.74) is 1.09. The zero-order valence-corrected chi connectivity index (χ0v) is 6.20. The molecule has 3 heteroatoms. The van der Waals surface area contributed by atoms with E-state index in [0.717, 1.165) is 18.4 Å². The number of aliphatic hydroxyl groups excluding tert-OH is 1. The molecular weight excluding hydrogens is 140 g/mol. The maximum Gasteiger partial charge on any atom is 0.115 e. The van der Waals surface area contributed by atoms with Gasteiger partial charge in [-0.3, -0.25) is 0 Å². The van der Waals surface area contributed by atoms with Crippen molar-refractivity contribution in [3.05, 3.63) is 24.3 Å². The molecule has 0 amide bonds. The lowest BCUT2D eigenvalue weighted by Crippen LogP contribution is -2.12. The van der Waals surface area contributed by atoms with Gasteiger partial charge in [-0.1, -0.05) is 0 Å². The van der Waals surface area contributed by atoms with Gasteiger partial charge in [-0.25, -0.2) is 9.97 Å². The van der Waals surface area contributed by atoms with Gasteiger partial charge in [-0.05, 0) is 18.4 Å². The van der Waals surface area contributed by atoms with E-state index < -0.39 is 0 Å². The number of nitrogens with zero attached hydrogens (tertiary/aromatic N) is 2. The van der Waals surface area contributed by atoms with Gasteiger partial charge in [0.1, 0.15) is 6.33 Å². The quantitative estimate of drug-likeness (QED) is 0.667. The molecule has 58 valence electrons. The fourth-order valence-corrected chi connectivity index (χ4v) is 1.26. The maximum absolute atomic E-state index is 9.05. The first-order valence-electron chi connectivity index (χ1n) is 3.74. The zero-order valence-electron chi connectivity index (χ0n) is 6.20. The van der Waals surface area contributed by atoms with Gasteiger partial charge in [0.15, 0.2) is 0 Å². The molecule has 0 aliphatic heterocycles. The molecule has 11 heavy (non-hydrogen) atoms. The van der Waals surface area contributed by atoms with Crippen LogP contribution < -0.4 is 0 Å². The predicted molar refractivity (Wildman–Crippen MR) is 40.0 cm³/mol. The number of hydrogen-bond acceptors (Lipinski definition) is 3. The van der Waals surface area contributed by atoms with E-state index in [1.165, 1.54) is 6.33 Å². The second-order valence-electron chi connectivity index (χ2n) is 3.07. The summed E-state index contributed by atoms with van der Waals surface area (Å²) in [7, 11) is 0. The summed E-state index contributed by atoms with van der Waals surface area (Å²) in [5.74, 6) is 0. The van der Waals surface area contributed by atoms with Gasteiger partial charge >= 0.3 is 0 Å². The Kier molecular flexibility index (Phi) is 1.39. The van der Waals surface area contributed by atoms with Gasteiger partial charge in [0.2, 0.25) is 0 Å². The summed E-state index contributed by atoms with van der Waals surface area (Å²) in [6.07, 6.45) is 7.22. The van der Waals surface area contributed by atoms with Crippen LogP contribution in [0.5, 0.6) is 0 Å². The van der Waals surface area contributed by atoms with Crippen LogP contribution in [-0.2, 0) is 5.41 Å². The van der Waals surface area contributed by atoms with E-state index in [2.05, 4.69) is 9.97 Å². The third-order valence-electron chi connectivity index (χ3n) is 2.33. The van der Waals surface area contributed by atoms with Crippen LogP contribution in [0.4, 0.5) is 0 Å². The molecule has 3 nitrogen and oxygen atoms in total. The lowest BCUT2D eigenvalue weighted by Gasteiger charge is -2.09. The monoisotopic (exact) mass is 150 g/mol. The molecule has 1 aromatic rings. The Bertz CT molecular complexity index is 244. The van der Waals surface area contributed by atoms with Gasteiger partial charge < -0.3 is 5.11 Å². The highest BCUT2D eigenvalue weighted by Crippen LogP contribution is 2.46. The zero-order chi connectivity index (χ0) is 7.73. The van der Waals surface area contributed by atoms with Crippen molar-refractivity contribution in [1.82, 2.24) is 9.97 Å². The summed E-state index contributed by atoms with van der Waals surface area (Å²) in [6.45, 7) is 0.223. The second-order valence-corrected chi connectivity index (χ2v) is 3.07. The Morgan fingerprint density at radius 2 is 2.00 bits per heavy atom. The summed E-state index contributed by atoms with van der Waals surface area (Å²) < 4.78 is 0. The fraction of sp³-hybridized carbons (Fsp3) is 0.500. The van der Waals surface area contributed by atoms with Crippen molar-refractivity contribution >= 4 is 0 Å². The summed E-state index contributed by atoms with van der Waals surface area (Å²) in [5, 5.41) is 9.05. The Morgan fingerprint density at radius 1 is 1.36 bits per heavy atom. The normalized spacial score (nSPS) is 19.7. The highest BCUT2D eigenvalue weighted by molar-refractivity contribution is 5.26. The molecule has 0 unspecified atom stereocenters. The van der Waals surface area contributed by atoms with Gasteiger partial charge in [0.05, 0.1) is 6.61 Å². The van der Waals surface area contributed by atoms with Gasteiger partial charge in [0.25, 0.3) is 0 Å². The minimum absolute atomic E-state index is 0.0151. The van der Waals surface area contributed by atoms with Gasteiger partial charge in [0, 0.05) is 17.8 Å². The summed E-state index contributed by atoms with van der Waals surface area (Å²) >= 11 is 0. The van der Waals surface area contributed by atoms with Crippen molar-refractivity contribution in [2.75, 3.05) is 6.61 Å². The van der Waals surface area contributed by atoms with Crippen LogP contribution >= 0.6 is 0 Å². The smallest absolute Gasteiger partial charge is 0.115 e. The van der Waals surface area contributed by atoms with E-state index in [1.807, 2.05) is 0 Å². The Labute approximate surface area is 65.1 Å². The molecular formula is C8H10N2O. The molecule has 1 heterocycles. The van der Waals surface area contributed by atoms with E-state index in [0.29, 0.717) is 0 Å². The first kappa shape index (κ1) is 6.73. The van der Waals surface area contributed by atoms with Crippen LogP contribution in [0.15, 0.2) is 18.7 Å². The lowest BCUT2D eigenvalue weighted by atomic mass is 10.0. The van der Waals surface area contributed by atoms with Crippen molar-refractivity contribution in [1.29, 1.82) is 0 Å². The van der Waals surface area contributed by atoms with E-state index in [-0.39, 0.29) is 12.0 Å². The molecule has 2 rings (SSSR count). The Morgan fingerprint density at radius 3 is 2.45 bits per heavy atom. The van der Waals surface area contributed by atoms with Crippen molar-refractivity contribution in [2.24, 2.45) is 0 Å². The highest BCUT2D eigenvalue weighted by atomic mass is 16.3. The van der Waals surface area contributed by atoms with Crippen molar-refractivity contribution < 1.29 is 5.11 Å². The molecule has 1 N–H and O–H groups in total. The Balaban J connectivity index is 2.30. The lowest BCUT2D eigenvalue weighted by molar-refractivity contribution is 0.254. The molecule has 1 saturated carbocycles. The topological polar surface area (TPSA) is 46.0 Å². The van der Waals surface area contributed by atoms with E-state index in [4.69, 9.17) is 5.11 Å². The van der Waals surface area contributed by atoms with Crippen molar-refractivity contribution in [3.8, 4) is 0 Å². The molecule has 1 aromatic heterocycles. The standard InChI is InChI=1S/C8H10N2O/c11-5-8(1-2-8)7-3-9-6-10-4-7/h3-4,6,11H,1-2,5H2. The Hall–Kier alpha value is -0.960. The van der Waals surface area contributed by atoms with Crippen LogP contribution in [0.2, 0.25) is 0 Å². The second kappa shape index (κ2) is 2.27. The average molecular weight is 150 g/mol. The van der Waals surface area contributed by atoms with Crippen molar-refractivity contribution in [2.45, 2.75) is 18.3 Å². The average Bonchev–Trinajstić information content (AvgIpc) is 2.86. The SMILES string of the molecule is OCC1(c2cncnc2)CC1. The van der Waals surface area contributed by atoms with Crippen LogP contribution in [-0.4, -0.2) is 21.7 Å². The summed E-state index contributed by atoms with van der Waals surface area (Å²) in [6, 6.07) is 0. The molecule has 0 atom stereocenters. The van der Waals surface area contributed by atoms with Crippen LogP contribution in [0, 0.1) is 0 Å². The van der Waals surface area contributed by atoms with Crippen LogP contribution in [0.1, 0.15) is 18.4 Å². The third-order valence-corrected chi connectivity index (χ3v) is 2.33.